The molecule has 0 saturated carbocycles. The third-order valence-electron chi connectivity index (χ3n) is 4.46. The second-order valence-electron chi connectivity index (χ2n) is 6.47. The lowest BCUT2D eigenvalue weighted by Crippen LogP contribution is -2.11. The van der Waals surface area contributed by atoms with E-state index in [0.717, 1.165) is 16.1 Å². The van der Waals surface area contributed by atoms with Gasteiger partial charge in [0.1, 0.15) is 10.6 Å². The second kappa shape index (κ2) is 6.54. The van der Waals surface area contributed by atoms with Crippen LogP contribution >= 0.6 is 11.3 Å². The van der Waals surface area contributed by atoms with Crippen molar-refractivity contribution >= 4 is 38.8 Å². The number of benzene rings is 2. The van der Waals surface area contributed by atoms with Crippen molar-refractivity contribution in [2.24, 2.45) is 0 Å². The van der Waals surface area contributed by atoms with Crippen molar-refractivity contribution in [2.45, 2.75) is 6.92 Å². The molecule has 0 spiro atoms. The maximum atomic E-state index is 12.6. The van der Waals surface area contributed by atoms with Crippen molar-refractivity contribution in [3.63, 3.8) is 0 Å². The highest BCUT2D eigenvalue weighted by Gasteiger charge is 2.14. The fraction of sp³-hybridized carbons (Fsp3) is 0.0476. The highest BCUT2D eigenvalue weighted by molar-refractivity contribution is 7.21. The molecule has 7 heteroatoms. The summed E-state index contributed by atoms with van der Waals surface area (Å²) in [7, 11) is 0. The highest BCUT2D eigenvalue weighted by Crippen LogP contribution is 2.31. The molecule has 1 N–H and O–H groups in total. The number of nitrogens with one attached hydrogen (secondary N) is 1. The average molecular weight is 385 g/mol. The SMILES string of the molecule is Cc1ccc2nc(-c3ccc(NC(=O)c4cnn5cccnc45)cc3)sc2c1. The molecule has 1 amide bonds. The molecule has 3 aromatic heterocycles. The molecule has 6 nitrogen and oxygen atoms in total. The molecule has 0 aliphatic carbocycles. The van der Waals surface area contributed by atoms with Gasteiger partial charge in [-0.1, -0.05) is 6.07 Å². The van der Waals surface area contributed by atoms with Crippen LogP contribution < -0.4 is 5.32 Å². The molecule has 5 rings (SSSR count). The molecule has 28 heavy (non-hydrogen) atoms. The van der Waals surface area contributed by atoms with Gasteiger partial charge < -0.3 is 5.32 Å². The van der Waals surface area contributed by atoms with E-state index in [1.54, 1.807) is 34.3 Å². The van der Waals surface area contributed by atoms with Crippen molar-refractivity contribution < 1.29 is 4.79 Å². The first-order chi connectivity index (χ1) is 13.7. The summed E-state index contributed by atoms with van der Waals surface area (Å²) in [6.07, 6.45) is 4.92. The first-order valence-corrected chi connectivity index (χ1v) is 9.56. The van der Waals surface area contributed by atoms with Crippen LogP contribution in [-0.2, 0) is 0 Å². The Hall–Kier alpha value is -3.58. The molecule has 0 radical (unpaired) electrons. The van der Waals surface area contributed by atoms with Crippen LogP contribution in [0, 0.1) is 6.92 Å². The molecule has 0 fully saturated rings. The Morgan fingerprint density at radius 1 is 1.14 bits per heavy atom. The van der Waals surface area contributed by atoms with Crippen molar-refractivity contribution in [3.05, 3.63) is 78.2 Å². The third-order valence-corrected chi connectivity index (χ3v) is 5.52. The number of hydrogen-bond donors (Lipinski definition) is 1. The maximum Gasteiger partial charge on any atom is 0.261 e. The molecule has 0 bridgehead atoms. The van der Waals surface area contributed by atoms with Gasteiger partial charge in [0.2, 0.25) is 0 Å². The van der Waals surface area contributed by atoms with Gasteiger partial charge in [0.05, 0.1) is 16.4 Å². The van der Waals surface area contributed by atoms with Gasteiger partial charge in [0.15, 0.2) is 5.65 Å². The Bertz CT molecular complexity index is 1320. The second-order valence-corrected chi connectivity index (χ2v) is 7.50. The van der Waals surface area contributed by atoms with Crippen LogP contribution in [0.1, 0.15) is 15.9 Å². The lowest BCUT2D eigenvalue weighted by Gasteiger charge is -2.04. The summed E-state index contributed by atoms with van der Waals surface area (Å²) in [6.45, 7) is 2.08. The van der Waals surface area contributed by atoms with E-state index in [2.05, 4.69) is 34.5 Å². The number of thiazole rings is 1. The average Bonchev–Trinajstić information content (AvgIpc) is 3.32. The number of fused-ring (bicyclic) bond motifs is 2. The quantitative estimate of drug-likeness (QED) is 0.494. The molecule has 0 unspecified atom stereocenters. The Morgan fingerprint density at radius 3 is 2.86 bits per heavy atom. The van der Waals surface area contributed by atoms with Crippen LogP contribution in [0.25, 0.3) is 26.4 Å². The minimum absolute atomic E-state index is 0.239. The summed E-state index contributed by atoms with van der Waals surface area (Å²) in [6, 6.07) is 15.7. The first kappa shape index (κ1) is 16.6. The number of nitrogens with zero attached hydrogens (tertiary/aromatic N) is 4. The zero-order valence-electron chi connectivity index (χ0n) is 15.0. The normalized spacial score (nSPS) is 11.2. The van der Waals surface area contributed by atoms with E-state index >= 15 is 0 Å². The van der Waals surface area contributed by atoms with Gasteiger partial charge in [-0.15, -0.1) is 11.3 Å². The zero-order valence-corrected chi connectivity index (χ0v) is 15.8. The lowest BCUT2D eigenvalue weighted by atomic mass is 10.2. The van der Waals surface area contributed by atoms with E-state index in [1.165, 1.54) is 16.5 Å². The van der Waals surface area contributed by atoms with Gasteiger partial charge in [-0.05, 0) is 55.0 Å². The van der Waals surface area contributed by atoms with Crippen molar-refractivity contribution in [1.82, 2.24) is 19.6 Å². The fourth-order valence-electron chi connectivity index (χ4n) is 3.04. The molecule has 2 aromatic carbocycles. The van der Waals surface area contributed by atoms with Gasteiger partial charge in [-0.2, -0.15) is 5.10 Å². The number of aromatic nitrogens is 4. The van der Waals surface area contributed by atoms with Gasteiger partial charge in [-0.25, -0.2) is 14.5 Å². The largest absolute Gasteiger partial charge is 0.322 e. The van der Waals surface area contributed by atoms with Crippen LogP contribution in [0.5, 0.6) is 0 Å². The van der Waals surface area contributed by atoms with Crippen LogP contribution in [-0.4, -0.2) is 25.5 Å². The summed E-state index contributed by atoms with van der Waals surface area (Å²) in [5.74, 6) is -0.239. The number of anilines is 1. The number of carbonyl (C=O) groups excluding carboxylic acids is 1. The number of hydrogen-bond acceptors (Lipinski definition) is 5. The van der Waals surface area contributed by atoms with E-state index in [4.69, 9.17) is 4.98 Å². The molecular formula is C21H15N5OS. The van der Waals surface area contributed by atoms with Crippen LogP contribution in [0.2, 0.25) is 0 Å². The monoisotopic (exact) mass is 385 g/mol. The number of amides is 1. The lowest BCUT2D eigenvalue weighted by molar-refractivity contribution is 0.102. The highest BCUT2D eigenvalue weighted by atomic mass is 32.1. The van der Waals surface area contributed by atoms with Crippen molar-refractivity contribution in [2.75, 3.05) is 5.32 Å². The van der Waals surface area contributed by atoms with Gasteiger partial charge in [-0.3, -0.25) is 4.79 Å². The van der Waals surface area contributed by atoms with E-state index in [-0.39, 0.29) is 5.91 Å². The Kier molecular flexibility index (Phi) is 3.87. The number of aryl methyl sites for hydroxylation is 1. The van der Waals surface area contributed by atoms with Gasteiger partial charge in [0, 0.05) is 23.6 Å². The van der Waals surface area contributed by atoms with Crippen LogP contribution in [0.3, 0.4) is 0 Å². The van der Waals surface area contributed by atoms with E-state index in [0.29, 0.717) is 16.9 Å². The predicted molar refractivity (Wildman–Crippen MR) is 111 cm³/mol. The zero-order chi connectivity index (χ0) is 19.1. The molecule has 0 aliphatic heterocycles. The van der Waals surface area contributed by atoms with Crippen molar-refractivity contribution in [1.29, 1.82) is 0 Å². The van der Waals surface area contributed by atoms with E-state index in [9.17, 15) is 4.79 Å². The van der Waals surface area contributed by atoms with Crippen LogP contribution in [0.4, 0.5) is 5.69 Å². The number of carbonyl (C=O) groups is 1. The first-order valence-electron chi connectivity index (χ1n) is 8.75. The molecule has 136 valence electrons. The number of rotatable bonds is 3. The Labute approximate surface area is 164 Å². The minimum Gasteiger partial charge on any atom is -0.322 e. The minimum atomic E-state index is -0.239. The standard InChI is InChI=1S/C21H15N5OS/c1-13-3-8-17-18(11-13)28-21(25-17)14-4-6-15(7-5-14)24-20(27)16-12-23-26-10-2-9-22-19(16)26/h2-12H,1H3,(H,24,27). The maximum absolute atomic E-state index is 12.6. The predicted octanol–water partition coefficient (Wildman–Crippen LogP) is 4.57. The summed E-state index contributed by atoms with van der Waals surface area (Å²) < 4.78 is 2.75. The Balaban J connectivity index is 1.39. The molecule has 0 saturated heterocycles. The van der Waals surface area contributed by atoms with Gasteiger partial charge >= 0.3 is 0 Å². The van der Waals surface area contributed by atoms with Gasteiger partial charge in [0.25, 0.3) is 5.91 Å². The molecule has 0 aliphatic rings. The van der Waals surface area contributed by atoms with E-state index in [1.807, 2.05) is 30.3 Å². The molecule has 3 heterocycles. The van der Waals surface area contributed by atoms with Crippen LogP contribution in [0.15, 0.2) is 67.1 Å². The fourth-order valence-corrected chi connectivity index (χ4v) is 4.11. The summed E-state index contributed by atoms with van der Waals surface area (Å²) in [5.41, 5.74) is 4.93. The summed E-state index contributed by atoms with van der Waals surface area (Å²) in [4.78, 5) is 21.5. The van der Waals surface area contributed by atoms with Crippen molar-refractivity contribution in [3.8, 4) is 10.6 Å². The Morgan fingerprint density at radius 2 is 2.00 bits per heavy atom. The third kappa shape index (κ3) is 2.91. The smallest absolute Gasteiger partial charge is 0.261 e. The summed E-state index contributed by atoms with van der Waals surface area (Å²) in [5, 5.41) is 8.01. The molecule has 0 atom stereocenters. The van der Waals surface area contributed by atoms with E-state index < -0.39 is 0 Å². The molecular weight excluding hydrogens is 370 g/mol. The summed E-state index contributed by atoms with van der Waals surface area (Å²) >= 11 is 1.67. The molecule has 5 aromatic rings. The topological polar surface area (TPSA) is 72.2 Å².